The first kappa shape index (κ1) is 22.8. The molecule has 9 heteroatoms. The van der Waals surface area contributed by atoms with Gasteiger partial charge in [-0.15, -0.1) is 0 Å². The van der Waals surface area contributed by atoms with E-state index in [0.717, 1.165) is 4.90 Å². The number of nitrogens with one attached hydrogen (secondary N) is 1. The van der Waals surface area contributed by atoms with Crippen molar-refractivity contribution in [3.8, 4) is 11.5 Å². The van der Waals surface area contributed by atoms with E-state index in [1.807, 2.05) is 0 Å². The van der Waals surface area contributed by atoms with Crippen molar-refractivity contribution in [1.29, 1.82) is 0 Å². The fourth-order valence-electron chi connectivity index (χ4n) is 3.73. The summed E-state index contributed by atoms with van der Waals surface area (Å²) in [4.78, 5) is 46.3. The summed E-state index contributed by atoms with van der Waals surface area (Å²) in [6.45, 7) is 0.0896. The van der Waals surface area contributed by atoms with Gasteiger partial charge in [-0.1, -0.05) is 12.1 Å². The second-order valence-corrected chi connectivity index (χ2v) is 7.60. The minimum absolute atomic E-state index is 0.0896. The van der Waals surface area contributed by atoms with Crippen LogP contribution in [0.15, 0.2) is 72.9 Å². The maximum atomic E-state index is 13.4. The molecule has 0 spiro atoms. The van der Waals surface area contributed by atoms with Gasteiger partial charge in [0.05, 0.1) is 38.6 Å². The van der Waals surface area contributed by atoms with Crippen LogP contribution in [0.25, 0.3) is 0 Å². The van der Waals surface area contributed by atoms with Crippen molar-refractivity contribution in [2.75, 3.05) is 24.4 Å². The molecule has 0 saturated carbocycles. The van der Waals surface area contributed by atoms with E-state index in [2.05, 4.69) is 10.3 Å². The summed E-state index contributed by atoms with van der Waals surface area (Å²) in [6, 6.07) is 17.3. The van der Waals surface area contributed by atoms with E-state index in [-0.39, 0.29) is 13.0 Å². The predicted molar refractivity (Wildman–Crippen MR) is 126 cm³/mol. The number of imide groups is 1. The van der Waals surface area contributed by atoms with Crippen molar-refractivity contribution in [3.63, 3.8) is 0 Å². The van der Waals surface area contributed by atoms with Crippen LogP contribution in [0.4, 0.5) is 16.2 Å². The second-order valence-electron chi connectivity index (χ2n) is 7.60. The number of ether oxygens (including phenoxy) is 2. The van der Waals surface area contributed by atoms with Gasteiger partial charge in [0, 0.05) is 18.0 Å². The number of hydrogen-bond acceptors (Lipinski definition) is 6. The number of aromatic nitrogens is 1. The first-order valence-corrected chi connectivity index (χ1v) is 10.6. The van der Waals surface area contributed by atoms with Crippen LogP contribution < -0.4 is 19.7 Å². The molecular formula is C25H24N4O5. The summed E-state index contributed by atoms with van der Waals surface area (Å²) in [5, 5.41) is 2.77. The van der Waals surface area contributed by atoms with Crippen molar-refractivity contribution in [2.45, 2.75) is 19.0 Å². The summed E-state index contributed by atoms with van der Waals surface area (Å²) in [5.74, 6) is 0.286. The third kappa shape index (κ3) is 4.83. The molecule has 1 aliphatic rings. The van der Waals surface area contributed by atoms with Crippen molar-refractivity contribution in [3.05, 3.63) is 78.6 Å². The molecule has 1 aromatic heterocycles. The Morgan fingerprint density at radius 3 is 2.41 bits per heavy atom. The Bertz CT molecular complexity index is 1180. The highest BCUT2D eigenvalue weighted by Gasteiger charge is 2.46. The van der Waals surface area contributed by atoms with E-state index < -0.39 is 23.9 Å². The third-order valence-corrected chi connectivity index (χ3v) is 5.44. The topological polar surface area (TPSA) is 101 Å². The number of carbonyl (C=O) groups is 3. The number of nitrogens with zero attached hydrogens (tertiary/aromatic N) is 3. The number of anilines is 2. The Balaban J connectivity index is 1.59. The molecule has 0 bridgehead atoms. The van der Waals surface area contributed by atoms with Gasteiger partial charge in [0.2, 0.25) is 5.91 Å². The predicted octanol–water partition coefficient (Wildman–Crippen LogP) is 3.47. The summed E-state index contributed by atoms with van der Waals surface area (Å²) < 4.78 is 10.4. The number of methoxy groups -OCH3 is 2. The van der Waals surface area contributed by atoms with Crippen LogP contribution >= 0.6 is 0 Å². The first-order valence-electron chi connectivity index (χ1n) is 10.6. The number of pyridine rings is 1. The van der Waals surface area contributed by atoms with Gasteiger partial charge < -0.3 is 19.7 Å². The van der Waals surface area contributed by atoms with Gasteiger partial charge in [-0.3, -0.25) is 14.6 Å². The van der Waals surface area contributed by atoms with Crippen molar-refractivity contribution in [1.82, 2.24) is 9.88 Å². The molecule has 34 heavy (non-hydrogen) atoms. The number of hydrogen-bond donors (Lipinski definition) is 1. The second kappa shape index (κ2) is 10.0. The first-order chi connectivity index (χ1) is 16.5. The van der Waals surface area contributed by atoms with Crippen LogP contribution in [0.3, 0.4) is 0 Å². The molecule has 9 nitrogen and oxygen atoms in total. The SMILES string of the molecule is COc1ccc(NC(=O)CC2C(=O)N(c3cccc(OC)c3)C(=O)N2Cc2ccccn2)cc1. The van der Waals surface area contributed by atoms with E-state index in [1.165, 1.54) is 12.0 Å². The number of urea groups is 1. The lowest BCUT2D eigenvalue weighted by Crippen LogP contribution is -2.37. The minimum Gasteiger partial charge on any atom is -0.497 e. The average molecular weight is 460 g/mol. The van der Waals surface area contributed by atoms with Crippen LogP contribution in [-0.2, 0) is 16.1 Å². The molecule has 4 amide bonds. The summed E-state index contributed by atoms with van der Waals surface area (Å²) in [6.07, 6.45) is 1.41. The molecular weight excluding hydrogens is 436 g/mol. The molecule has 2 heterocycles. The Labute approximate surface area is 196 Å². The van der Waals surface area contributed by atoms with Gasteiger partial charge in [-0.2, -0.15) is 0 Å². The highest BCUT2D eigenvalue weighted by molar-refractivity contribution is 6.22. The lowest BCUT2D eigenvalue weighted by molar-refractivity contribution is -0.124. The van der Waals surface area contributed by atoms with E-state index >= 15 is 0 Å². The van der Waals surface area contributed by atoms with E-state index in [0.29, 0.717) is 28.6 Å². The molecule has 1 saturated heterocycles. The normalized spacial score (nSPS) is 15.4. The highest BCUT2D eigenvalue weighted by atomic mass is 16.5. The maximum absolute atomic E-state index is 13.4. The molecule has 1 atom stereocenters. The van der Waals surface area contributed by atoms with Crippen LogP contribution in [0.2, 0.25) is 0 Å². The minimum atomic E-state index is -0.987. The van der Waals surface area contributed by atoms with Gasteiger partial charge in [-0.25, -0.2) is 9.69 Å². The molecule has 0 aliphatic carbocycles. The zero-order chi connectivity index (χ0) is 24.1. The van der Waals surface area contributed by atoms with Gasteiger partial charge in [0.1, 0.15) is 17.5 Å². The molecule has 4 rings (SSSR count). The molecule has 3 aromatic rings. The Kier molecular flexibility index (Phi) is 6.72. The zero-order valence-electron chi connectivity index (χ0n) is 18.8. The third-order valence-electron chi connectivity index (χ3n) is 5.44. The number of carbonyl (C=O) groups excluding carboxylic acids is 3. The van der Waals surface area contributed by atoms with Gasteiger partial charge in [0.25, 0.3) is 5.91 Å². The van der Waals surface area contributed by atoms with Crippen LogP contribution in [-0.4, -0.2) is 48.0 Å². The summed E-state index contributed by atoms with van der Waals surface area (Å²) in [7, 11) is 3.06. The van der Waals surface area contributed by atoms with Gasteiger partial charge in [0.15, 0.2) is 0 Å². The van der Waals surface area contributed by atoms with Crippen LogP contribution in [0.5, 0.6) is 11.5 Å². The molecule has 1 N–H and O–H groups in total. The average Bonchev–Trinajstić information content (AvgIpc) is 3.09. The zero-order valence-corrected chi connectivity index (χ0v) is 18.8. The number of amides is 4. The Morgan fingerprint density at radius 2 is 1.74 bits per heavy atom. The fraction of sp³-hybridized carbons (Fsp3) is 0.200. The van der Waals surface area contributed by atoms with Crippen molar-refractivity contribution in [2.24, 2.45) is 0 Å². The van der Waals surface area contributed by atoms with Crippen LogP contribution in [0, 0.1) is 0 Å². The highest BCUT2D eigenvalue weighted by Crippen LogP contribution is 2.30. The fourth-order valence-corrected chi connectivity index (χ4v) is 3.73. The molecule has 0 radical (unpaired) electrons. The largest absolute Gasteiger partial charge is 0.497 e. The molecule has 1 aliphatic heterocycles. The number of benzene rings is 2. The summed E-state index contributed by atoms with van der Waals surface area (Å²) in [5.41, 5.74) is 1.54. The van der Waals surface area contributed by atoms with E-state index in [1.54, 1.807) is 80.0 Å². The van der Waals surface area contributed by atoms with E-state index in [9.17, 15) is 14.4 Å². The lowest BCUT2D eigenvalue weighted by Gasteiger charge is -2.21. The lowest BCUT2D eigenvalue weighted by atomic mass is 10.1. The Morgan fingerprint density at radius 1 is 0.971 bits per heavy atom. The summed E-state index contributed by atoms with van der Waals surface area (Å²) >= 11 is 0. The number of rotatable bonds is 8. The monoisotopic (exact) mass is 460 g/mol. The smallest absolute Gasteiger partial charge is 0.332 e. The maximum Gasteiger partial charge on any atom is 0.332 e. The van der Waals surface area contributed by atoms with Gasteiger partial charge >= 0.3 is 6.03 Å². The van der Waals surface area contributed by atoms with Crippen molar-refractivity contribution < 1.29 is 23.9 Å². The van der Waals surface area contributed by atoms with Gasteiger partial charge in [-0.05, 0) is 48.5 Å². The van der Waals surface area contributed by atoms with Crippen LogP contribution in [0.1, 0.15) is 12.1 Å². The quantitative estimate of drug-likeness (QED) is 0.517. The molecule has 1 unspecified atom stereocenters. The standard InChI is InChI=1S/C25H24N4O5/c1-33-20-11-9-17(10-12-20)27-23(30)15-22-24(31)29(19-7-5-8-21(14-19)34-2)25(32)28(22)16-18-6-3-4-13-26-18/h3-14,22H,15-16H2,1-2H3,(H,27,30). The molecule has 1 fully saturated rings. The molecule has 174 valence electrons. The van der Waals surface area contributed by atoms with E-state index in [4.69, 9.17) is 9.47 Å². The Hall–Kier alpha value is -4.40. The molecule has 2 aromatic carbocycles. The van der Waals surface area contributed by atoms with Crippen molar-refractivity contribution >= 4 is 29.2 Å².